The van der Waals surface area contributed by atoms with Crippen molar-refractivity contribution in [1.29, 1.82) is 0 Å². The SMILES string of the molecule is COC(=O)C1=C(CN2CCN(C(=O)CCOCCOCCOC(=O)CCCc3ccc(N(CCCl)CCCl)cc3)CC2)NC(c2ccccn2)=NC1c1ccc(F)cc1Cl. The molecule has 3 aromatic rings. The fraction of sp³-hybridized carbons (Fsp3) is 0.465. The van der Waals surface area contributed by atoms with Crippen molar-refractivity contribution in [3.63, 3.8) is 0 Å². The zero-order chi connectivity index (χ0) is 42.7. The average molecular weight is 890 g/mol. The van der Waals surface area contributed by atoms with Crippen molar-refractivity contribution in [2.75, 3.05) is 103 Å². The number of hydrogen-bond acceptors (Lipinski definition) is 12. The lowest BCUT2D eigenvalue weighted by Gasteiger charge is -2.36. The van der Waals surface area contributed by atoms with Gasteiger partial charge in [0.25, 0.3) is 0 Å². The molecule has 0 radical (unpaired) electrons. The van der Waals surface area contributed by atoms with Gasteiger partial charge in [-0.05, 0) is 54.8 Å². The van der Waals surface area contributed by atoms with Gasteiger partial charge in [0.05, 0.1) is 45.5 Å². The van der Waals surface area contributed by atoms with E-state index >= 15 is 0 Å². The van der Waals surface area contributed by atoms with E-state index in [0.717, 1.165) is 30.8 Å². The van der Waals surface area contributed by atoms with E-state index in [1.165, 1.54) is 25.3 Å². The highest BCUT2D eigenvalue weighted by molar-refractivity contribution is 6.31. The van der Waals surface area contributed by atoms with Gasteiger partial charge in [0.2, 0.25) is 5.91 Å². The highest BCUT2D eigenvalue weighted by Gasteiger charge is 2.35. The number of nitrogens with one attached hydrogen (secondary N) is 1. The van der Waals surface area contributed by atoms with Gasteiger partial charge >= 0.3 is 11.9 Å². The van der Waals surface area contributed by atoms with Gasteiger partial charge in [0.1, 0.15) is 24.2 Å². The number of pyridine rings is 1. The lowest BCUT2D eigenvalue weighted by atomic mass is 9.94. The van der Waals surface area contributed by atoms with E-state index in [-0.39, 0.29) is 48.7 Å². The second-order valence-electron chi connectivity index (χ2n) is 14.0. The molecule has 13 nitrogen and oxygen atoms in total. The number of alkyl halides is 2. The Hall–Kier alpha value is -4.31. The molecule has 1 amide bonds. The zero-order valence-electron chi connectivity index (χ0n) is 33.8. The molecular weight excluding hydrogens is 838 g/mol. The number of amidine groups is 1. The molecule has 0 bridgehead atoms. The molecule has 2 aliphatic heterocycles. The highest BCUT2D eigenvalue weighted by atomic mass is 35.5. The molecule has 2 aromatic carbocycles. The van der Waals surface area contributed by atoms with E-state index in [1.54, 1.807) is 23.2 Å². The number of halogens is 4. The molecule has 5 rings (SSSR count). The van der Waals surface area contributed by atoms with E-state index < -0.39 is 17.8 Å². The molecule has 2 aliphatic rings. The summed E-state index contributed by atoms with van der Waals surface area (Å²) < 4.78 is 35.7. The van der Waals surface area contributed by atoms with Crippen LogP contribution in [-0.2, 0) is 39.8 Å². The van der Waals surface area contributed by atoms with Crippen molar-refractivity contribution in [3.8, 4) is 0 Å². The van der Waals surface area contributed by atoms with Crippen molar-refractivity contribution in [2.45, 2.75) is 31.7 Å². The van der Waals surface area contributed by atoms with Crippen LogP contribution in [0.2, 0.25) is 5.02 Å². The number of aromatic nitrogens is 1. The van der Waals surface area contributed by atoms with Crippen LogP contribution in [0, 0.1) is 5.82 Å². The number of nitrogens with zero attached hydrogens (tertiary/aromatic N) is 5. The second-order valence-corrected chi connectivity index (χ2v) is 15.2. The maximum atomic E-state index is 14.0. The molecule has 1 fully saturated rings. The number of anilines is 1. The van der Waals surface area contributed by atoms with Crippen LogP contribution in [0.15, 0.2) is 83.1 Å². The molecule has 0 saturated carbocycles. The third kappa shape index (κ3) is 14.1. The Morgan fingerprint density at radius 2 is 1.62 bits per heavy atom. The summed E-state index contributed by atoms with van der Waals surface area (Å²) in [4.78, 5) is 53.8. The van der Waals surface area contributed by atoms with E-state index in [1.807, 2.05) is 6.07 Å². The van der Waals surface area contributed by atoms with Crippen molar-refractivity contribution < 1.29 is 37.7 Å². The van der Waals surface area contributed by atoms with Crippen LogP contribution in [0.4, 0.5) is 10.1 Å². The molecule has 1 atom stereocenters. The molecule has 1 saturated heterocycles. The standard InChI is InChI=1S/C43H52Cl3FN6O7/c1-57-43(56)40-37(49-42(36-6-2-3-17-48-36)50-41(40)34-13-10-32(47)29-35(34)46)30-51-20-22-53(23-21-51)38(54)14-24-58-25-26-59-27-28-60-39(55)7-4-5-31-8-11-33(12-9-31)52(18-15-44)19-16-45/h2-3,6,8-13,17,29,41H,4-5,7,14-16,18-28,30H2,1H3,(H,49,50). The first-order valence-corrected chi connectivity index (χ1v) is 21.4. The smallest absolute Gasteiger partial charge is 0.338 e. The highest BCUT2D eigenvalue weighted by Crippen LogP contribution is 2.36. The number of ether oxygens (including phenoxy) is 4. The largest absolute Gasteiger partial charge is 0.466 e. The lowest BCUT2D eigenvalue weighted by molar-refractivity contribution is -0.145. The fourth-order valence-corrected chi connectivity index (χ4v) is 7.52. The molecule has 1 aromatic heterocycles. The van der Waals surface area contributed by atoms with Gasteiger partial charge in [-0.1, -0.05) is 35.9 Å². The number of piperazine rings is 1. The van der Waals surface area contributed by atoms with Crippen LogP contribution in [0.5, 0.6) is 0 Å². The summed E-state index contributed by atoms with van der Waals surface area (Å²) in [5.74, 6) is 0.109. The van der Waals surface area contributed by atoms with Crippen LogP contribution >= 0.6 is 34.8 Å². The normalized spacial score (nSPS) is 15.7. The number of rotatable bonds is 23. The predicted molar refractivity (Wildman–Crippen MR) is 230 cm³/mol. The minimum Gasteiger partial charge on any atom is -0.466 e. The van der Waals surface area contributed by atoms with Gasteiger partial charge in [0.15, 0.2) is 5.84 Å². The molecule has 324 valence electrons. The Morgan fingerprint density at radius 3 is 2.28 bits per heavy atom. The number of esters is 2. The predicted octanol–water partition coefficient (Wildman–Crippen LogP) is 5.81. The molecule has 1 unspecified atom stereocenters. The van der Waals surface area contributed by atoms with Crippen molar-refractivity contribution in [1.82, 2.24) is 20.1 Å². The first kappa shape index (κ1) is 46.8. The fourth-order valence-electron chi connectivity index (χ4n) is 6.84. The maximum Gasteiger partial charge on any atom is 0.338 e. The quantitative estimate of drug-likeness (QED) is 0.0703. The van der Waals surface area contributed by atoms with E-state index in [0.29, 0.717) is 93.3 Å². The molecular formula is C43H52Cl3FN6O7. The van der Waals surface area contributed by atoms with Gasteiger partial charge < -0.3 is 34.1 Å². The summed E-state index contributed by atoms with van der Waals surface area (Å²) in [5.41, 5.74) is 4.04. The van der Waals surface area contributed by atoms with E-state index in [2.05, 4.69) is 44.4 Å². The topological polar surface area (TPSA) is 135 Å². The van der Waals surface area contributed by atoms with Crippen LogP contribution in [0.3, 0.4) is 0 Å². The third-order valence-electron chi connectivity index (χ3n) is 9.98. The zero-order valence-corrected chi connectivity index (χ0v) is 36.0. The molecule has 1 N–H and O–H groups in total. The molecule has 17 heteroatoms. The molecule has 3 heterocycles. The third-order valence-corrected chi connectivity index (χ3v) is 10.6. The van der Waals surface area contributed by atoms with Crippen LogP contribution in [0.25, 0.3) is 0 Å². The van der Waals surface area contributed by atoms with Gasteiger partial charge in [-0.2, -0.15) is 0 Å². The van der Waals surface area contributed by atoms with E-state index in [9.17, 15) is 18.8 Å². The minimum absolute atomic E-state index is 0.0171. The van der Waals surface area contributed by atoms with Crippen molar-refractivity contribution >= 4 is 64.2 Å². The monoisotopic (exact) mass is 888 g/mol. The number of aliphatic imine (C=N–C) groups is 1. The van der Waals surface area contributed by atoms with Crippen LogP contribution in [-0.4, -0.2) is 136 Å². The Balaban J connectivity index is 0.975. The number of aryl methyl sites for hydroxylation is 1. The summed E-state index contributed by atoms with van der Waals surface area (Å²) >= 11 is 18.3. The molecule has 60 heavy (non-hydrogen) atoms. The maximum absolute atomic E-state index is 14.0. The number of amides is 1. The first-order valence-electron chi connectivity index (χ1n) is 20.0. The Morgan fingerprint density at radius 1 is 0.900 bits per heavy atom. The van der Waals surface area contributed by atoms with Gasteiger partial charge in [0, 0.05) is 92.2 Å². The van der Waals surface area contributed by atoms with Gasteiger partial charge in [-0.25, -0.2) is 9.18 Å². The van der Waals surface area contributed by atoms with Crippen LogP contribution in [0.1, 0.15) is 42.1 Å². The minimum atomic E-state index is -0.873. The number of hydrogen-bond donors (Lipinski definition) is 1. The van der Waals surface area contributed by atoms with Gasteiger partial charge in [-0.15, -0.1) is 23.2 Å². The summed E-state index contributed by atoms with van der Waals surface area (Å²) in [6, 6.07) is 16.7. The Kier molecular flexibility index (Phi) is 19.3. The number of carbonyl (C=O) groups is 3. The summed E-state index contributed by atoms with van der Waals surface area (Å²) in [7, 11) is 1.29. The van der Waals surface area contributed by atoms with Crippen molar-refractivity contribution in [3.05, 3.63) is 106 Å². The Labute approximate surface area is 365 Å². The van der Waals surface area contributed by atoms with Crippen molar-refractivity contribution in [2.24, 2.45) is 4.99 Å². The summed E-state index contributed by atoms with van der Waals surface area (Å²) in [6.07, 6.45) is 3.64. The molecule has 0 spiro atoms. The molecule has 0 aliphatic carbocycles. The lowest BCUT2D eigenvalue weighted by Crippen LogP contribution is -2.50. The average Bonchev–Trinajstić information content (AvgIpc) is 3.26. The Bertz CT molecular complexity index is 1910. The second kappa shape index (κ2) is 24.8. The number of benzene rings is 2. The summed E-state index contributed by atoms with van der Waals surface area (Å²) in [6.45, 7) is 5.18. The number of methoxy groups -OCH3 is 1. The van der Waals surface area contributed by atoms with Gasteiger partial charge in [-0.3, -0.25) is 24.5 Å². The first-order chi connectivity index (χ1) is 29.2. The summed E-state index contributed by atoms with van der Waals surface area (Å²) in [5, 5.41) is 3.43. The van der Waals surface area contributed by atoms with Crippen LogP contribution < -0.4 is 10.2 Å². The van der Waals surface area contributed by atoms with E-state index in [4.69, 9.17) is 58.7 Å². The number of carbonyl (C=O) groups excluding carboxylic acids is 3.